The van der Waals surface area contributed by atoms with Gasteiger partial charge in [-0.3, -0.25) is 9.59 Å². The Balaban J connectivity index is 2.12. The largest absolute Gasteiger partial charge is 0.481 e. The van der Waals surface area contributed by atoms with E-state index < -0.39 is 17.7 Å². The van der Waals surface area contributed by atoms with Crippen molar-refractivity contribution in [3.63, 3.8) is 0 Å². The molecule has 0 aromatic heterocycles. The van der Waals surface area contributed by atoms with Gasteiger partial charge in [0, 0.05) is 19.5 Å². The molecule has 1 saturated heterocycles. The maximum Gasteiger partial charge on any atom is 0.311 e. The van der Waals surface area contributed by atoms with Crippen molar-refractivity contribution in [1.29, 1.82) is 0 Å². The molecule has 19 heavy (non-hydrogen) atoms. The molecule has 0 saturated carbocycles. The van der Waals surface area contributed by atoms with Gasteiger partial charge in [0.05, 0.1) is 5.92 Å². The first-order chi connectivity index (χ1) is 9.08. The van der Waals surface area contributed by atoms with Crippen LogP contribution in [0.5, 0.6) is 0 Å². The summed E-state index contributed by atoms with van der Waals surface area (Å²) in [7, 11) is 0. The standard InChI is InChI=1S/C14H16FNO3/c15-11-5-3-4-10(8-11)12(14(18)19)9-13(17)16-6-1-2-7-16/h3-5,8,12H,1-2,6-7,9H2,(H,18,19). The highest BCUT2D eigenvalue weighted by atomic mass is 19.1. The number of hydrogen-bond acceptors (Lipinski definition) is 2. The number of carboxylic acid groups (broad SMARTS) is 1. The molecule has 0 bridgehead atoms. The smallest absolute Gasteiger partial charge is 0.311 e. The van der Waals surface area contributed by atoms with Gasteiger partial charge in [0.25, 0.3) is 0 Å². The first-order valence-corrected chi connectivity index (χ1v) is 6.34. The third kappa shape index (κ3) is 3.30. The van der Waals surface area contributed by atoms with E-state index in [1.54, 1.807) is 11.0 Å². The molecule has 0 spiro atoms. The van der Waals surface area contributed by atoms with Crippen LogP contribution in [0.25, 0.3) is 0 Å². The number of carboxylic acids is 1. The molecule has 1 aliphatic heterocycles. The van der Waals surface area contributed by atoms with Gasteiger partial charge in [-0.15, -0.1) is 0 Å². The maximum atomic E-state index is 13.1. The fourth-order valence-corrected chi connectivity index (χ4v) is 2.34. The van der Waals surface area contributed by atoms with Crippen molar-refractivity contribution in [2.45, 2.75) is 25.2 Å². The predicted octanol–water partition coefficient (Wildman–Crippen LogP) is 2.01. The predicted molar refractivity (Wildman–Crippen MR) is 67.2 cm³/mol. The zero-order valence-corrected chi connectivity index (χ0v) is 10.5. The van der Waals surface area contributed by atoms with E-state index in [0.717, 1.165) is 12.8 Å². The molecule has 1 N–H and O–H groups in total. The molecule has 0 radical (unpaired) electrons. The zero-order valence-electron chi connectivity index (χ0n) is 10.5. The molecule has 0 aliphatic carbocycles. The minimum absolute atomic E-state index is 0.112. The highest BCUT2D eigenvalue weighted by Crippen LogP contribution is 2.23. The molecule has 4 nitrogen and oxygen atoms in total. The van der Waals surface area contributed by atoms with E-state index in [1.807, 2.05) is 0 Å². The lowest BCUT2D eigenvalue weighted by Crippen LogP contribution is -2.30. The van der Waals surface area contributed by atoms with Crippen molar-refractivity contribution in [2.75, 3.05) is 13.1 Å². The third-order valence-electron chi connectivity index (χ3n) is 3.39. The van der Waals surface area contributed by atoms with E-state index >= 15 is 0 Å². The van der Waals surface area contributed by atoms with E-state index in [4.69, 9.17) is 0 Å². The normalized spacial score (nSPS) is 16.4. The van der Waals surface area contributed by atoms with E-state index in [-0.39, 0.29) is 12.3 Å². The summed E-state index contributed by atoms with van der Waals surface area (Å²) in [5, 5.41) is 9.22. The molecule has 1 aliphatic rings. The molecule has 1 fully saturated rings. The summed E-state index contributed by atoms with van der Waals surface area (Å²) in [5.74, 6) is -2.74. The molecular formula is C14H16FNO3. The van der Waals surface area contributed by atoms with Crippen LogP contribution >= 0.6 is 0 Å². The summed E-state index contributed by atoms with van der Waals surface area (Å²) in [6.45, 7) is 1.38. The fourth-order valence-electron chi connectivity index (χ4n) is 2.34. The van der Waals surface area contributed by atoms with Crippen LogP contribution in [-0.4, -0.2) is 35.0 Å². The number of halogens is 1. The van der Waals surface area contributed by atoms with Gasteiger partial charge in [0.2, 0.25) is 5.91 Å². The lowest BCUT2D eigenvalue weighted by Gasteiger charge is -2.18. The number of likely N-dealkylation sites (tertiary alicyclic amines) is 1. The van der Waals surface area contributed by atoms with Gasteiger partial charge in [-0.25, -0.2) is 4.39 Å². The van der Waals surface area contributed by atoms with Crippen molar-refractivity contribution in [3.8, 4) is 0 Å². The second-order valence-corrected chi connectivity index (χ2v) is 4.74. The second-order valence-electron chi connectivity index (χ2n) is 4.74. The SMILES string of the molecule is O=C(O)C(CC(=O)N1CCCC1)c1cccc(F)c1. The molecule has 2 rings (SSSR count). The Bertz CT molecular complexity index is 483. The number of hydrogen-bond donors (Lipinski definition) is 1. The van der Waals surface area contributed by atoms with E-state index in [2.05, 4.69) is 0 Å². The number of amides is 1. The highest BCUT2D eigenvalue weighted by molar-refractivity contribution is 5.85. The molecule has 1 heterocycles. The highest BCUT2D eigenvalue weighted by Gasteiger charge is 2.27. The molecule has 1 unspecified atom stereocenters. The van der Waals surface area contributed by atoms with Crippen LogP contribution in [0.15, 0.2) is 24.3 Å². The quantitative estimate of drug-likeness (QED) is 0.906. The van der Waals surface area contributed by atoms with Gasteiger partial charge in [-0.1, -0.05) is 12.1 Å². The number of aliphatic carboxylic acids is 1. The number of rotatable bonds is 4. The Morgan fingerprint density at radius 2 is 2.00 bits per heavy atom. The molecular weight excluding hydrogens is 249 g/mol. The van der Waals surface area contributed by atoms with Crippen molar-refractivity contribution in [2.24, 2.45) is 0 Å². The third-order valence-corrected chi connectivity index (χ3v) is 3.39. The van der Waals surface area contributed by atoms with Gasteiger partial charge >= 0.3 is 5.97 Å². The van der Waals surface area contributed by atoms with Gasteiger partial charge in [-0.05, 0) is 30.5 Å². The van der Waals surface area contributed by atoms with Crippen LogP contribution < -0.4 is 0 Å². The first kappa shape index (κ1) is 13.5. The number of benzene rings is 1. The number of nitrogens with zero attached hydrogens (tertiary/aromatic N) is 1. The molecule has 5 heteroatoms. The monoisotopic (exact) mass is 265 g/mol. The molecule has 1 aromatic rings. The van der Waals surface area contributed by atoms with Crippen LogP contribution in [0.2, 0.25) is 0 Å². The van der Waals surface area contributed by atoms with Crippen LogP contribution in [0.1, 0.15) is 30.7 Å². The molecule has 1 atom stereocenters. The number of carbonyl (C=O) groups excluding carboxylic acids is 1. The summed E-state index contributed by atoms with van der Waals surface area (Å²) >= 11 is 0. The zero-order chi connectivity index (χ0) is 13.8. The topological polar surface area (TPSA) is 57.6 Å². The Morgan fingerprint density at radius 3 is 2.58 bits per heavy atom. The van der Waals surface area contributed by atoms with Gasteiger partial charge in [-0.2, -0.15) is 0 Å². The molecule has 1 aromatic carbocycles. The second kappa shape index (κ2) is 5.82. The maximum absolute atomic E-state index is 13.1. The first-order valence-electron chi connectivity index (χ1n) is 6.34. The summed E-state index contributed by atoms with van der Waals surface area (Å²) in [5.41, 5.74) is 0.333. The lowest BCUT2D eigenvalue weighted by molar-refractivity contribution is -0.142. The molecule has 1 amide bonds. The van der Waals surface area contributed by atoms with Crippen LogP contribution in [-0.2, 0) is 9.59 Å². The summed E-state index contributed by atoms with van der Waals surface area (Å²) in [6, 6.07) is 5.43. The van der Waals surface area contributed by atoms with Crippen LogP contribution in [0.3, 0.4) is 0 Å². The van der Waals surface area contributed by atoms with Crippen LogP contribution in [0, 0.1) is 5.82 Å². The van der Waals surface area contributed by atoms with Crippen LogP contribution in [0.4, 0.5) is 4.39 Å². The minimum Gasteiger partial charge on any atom is -0.481 e. The van der Waals surface area contributed by atoms with Gasteiger partial charge in [0.15, 0.2) is 0 Å². The average molecular weight is 265 g/mol. The van der Waals surface area contributed by atoms with E-state index in [1.165, 1.54) is 18.2 Å². The summed E-state index contributed by atoms with van der Waals surface area (Å²) < 4.78 is 13.1. The summed E-state index contributed by atoms with van der Waals surface area (Å²) in [4.78, 5) is 24.9. The summed E-state index contributed by atoms with van der Waals surface area (Å²) in [6.07, 6.45) is 1.81. The minimum atomic E-state index is -1.10. The average Bonchev–Trinajstić information content (AvgIpc) is 2.89. The Hall–Kier alpha value is -1.91. The Morgan fingerprint density at radius 1 is 1.32 bits per heavy atom. The number of carbonyl (C=O) groups is 2. The van der Waals surface area contributed by atoms with Crippen molar-refractivity contribution < 1.29 is 19.1 Å². The van der Waals surface area contributed by atoms with E-state index in [0.29, 0.717) is 18.7 Å². The lowest BCUT2D eigenvalue weighted by atomic mass is 9.95. The van der Waals surface area contributed by atoms with Gasteiger partial charge in [0.1, 0.15) is 5.82 Å². The Kier molecular flexibility index (Phi) is 4.14. The fraction of sp³-hybridized carbons (Fsp3) is 0.429. The molecule has 102 valence electrons. The van der Waals surface area contributed by atoms with Crippen molar-refractivity contribution >= 4 is 11.9 Å². The van der Waals surface area contributed by atoms with Gasteiger partial charge < -0.3 is 10.0 Å². The van der Waals surface area contributed by atoms with E-state index in [9.17, 15) is 19.1 Å². The van der Waals surface area contributed by atoms with Crippen molar-refractivity contribution in [3.05, 3.63) is 35.6 Å². The Labute approximate surface area is 110 Å². The van der Waals surface area contributed by atoms with Crippen molar-refractivity contribution in [1.82, 2.24) is 4.90 Å².